The topological polar surface area (TPSA) is 82.1 Å². The number of hydrogen-bond acceptors (Lipinski definition) is 4. The Morgan fingerprint density at radius 1 is 1.35 bits per heavy atom. The Hall–Kier alpha value is -2.37. The van der Waals surface area contributed by atoms with Gasteiger partial charge in [-0.2, -0.15) is 0 Å². The molecule has 1 aromatic heterocycles. The maximum Gasteiger partial charge on any atom is 0.297 e. The van der Waals surface area contributed by atoms with Crippen LogP contribution >= 0.6 is 0 Å². The third kappa shape index (κ3) is 2.25. The molecule has 0 aliphatic rings. The molecule has 0 bridgehead atoms. The zero-order chi connectivity index (χ0) is 12.4. The van der Waals surface area contributed by atoms with Crippen LogP contribution in [0.25, 0.3) is 0 Å². The zero-order valence-corrected chi connectivity index (χ0v) is 9.51. The van der Waals surface area contributed by atoms with Crippen molar-refractivity contribution in [3.8, 4) is 5.75 Å². The SMILES string of the molecule is Cc1nc(C(=O)N(C)c2ccc(O)cc2)n[nH]1. The van der Waals surface area contributed by atoms with Crippen LogP contribution in [0.3, 0.4) is 0 Å². The molecule has 0 saturated carbocycles. The van der Waals surface area contributed by atoms with Gasteiger partial charge in [-0.15, -0.1) is 5.10 Å². The van der Waals surface area contributed by atoms with E-state index < -0.39 is 0 Å². The number of aromatic nitrogens is 3. The van der Waals surface area contributed by atoms with E-state index in [0.29, 0.717) is 11.5 Å². The number of nitrogens with one attached hydrogen (secondary N) is 1. The molecule has 1 heterocycles. The van der Waals surface area contributed by atoms with Crippen molar-refractivity contribution in [2.75, 3.05) is 11.9 Å². The molecule has 88 valence electrons. The lowest BCUT2D eigenvalue weighted by molar-refractivity contribution is 0.0983. The molecule has 1 aromatic carbocycles. The van der Waals surface area contributed by atoms with Gasteiger partial charge >= 0.3 is 0 Å². The third-order valence-corrected chi connectivity index (χ3v) is 2.33. The molecule has 0 atom stereocenters. The van der Waals surface area contributed by atoms with Crippen molar-refractivity contribution in [2.45, 2.75) is 6.92 Å². The molecule has 2 rings (SSSR count). The van der Waals surface area contributed by atoms with E-state index in [-0.39, 0.29) is 17.5 Å². The van der Waals surface area contributed by atoms with Crippen molar-refractivity contribution in [3.05, 3.63) is 35.9 Å². The zero-order valence-electron chi connectivity index (χ0n) is 9.51. The summed E-state index contributed by atoms with van der Waals surface area (Å²) in [6.45, 7) is 1.73. The Labute approximate surface area is 97.9 Å². The molecule has 0 fully saturated rings. The van der Waals surface area contributed by atoms with E-state index in [9.17, 15) is 4.79 Å². The minimum absolute atomic E-state index is 0.123. The van der Waals surface area contributed by atoms with Crippen molar-refractivity contribution >= 4 is 11.6 Å². The fourth-order valence-corrected chi connectivity index (χ4v) is 1.38. The highest BCUT2D eigenvalue weighted by Crippen LogP contribution is 2.18. The summed E-state index contributed by atoms with van der Waals surface area (Å²) in [6, 6.07) is 6.32. The molecule has 17 heavy (non-hydrogen) atoms. The van der Waals surface area contributed by atoms with Gasteiger partial charge in [-0.1, -0.05) is 0 Å². The van der Waals surface area contributed by atoms with E-state index in [1.807, 2.05) is 0 Å². The Morgan fingerprint density at radius 2 is 2.00 bits per heavy atom. The summed E-state index contributed by atoms with van der Waals surface area (Å²) >= 11 is 0. The predicted molar refractivity (Wildman–Crippen MR) is 62.0 cm³/mol. The van der Waals surface area contributed by atoms with Crippen LogP contribution < -0.4 is 4.90 Å². The van der Waals surface area contributed by atoms with Crippen molar-refractivity contribution < 1.29 is 9.90 Å². The van der Waals surface area contributed by atoms with Crippen LogP contribution in [0.2, 0.25) is 0 Å². The van der Waals surface area contributed by atoms with Crippen molar-refractivity contribution in [1.82, 2.24) is 15.2 Å². The Balaban J connectivity index is 2.23. The highest BCUT2D eigenvalue weighted by atomic mass is 16.3. The highest BCUT2D eigenvalue weighted by Gasteiger charge is 2.17. The van der Waals surface area contributed by atoms with Gasteiger partial charge in [-0.05, 0) is 31.2 Å². The fraction of sp³-hybridized carbons (Fsp3) is 0.182. The minimum Gasteiger partial charge on any atom is -0.508 e. The first-order valence-corrected chi connectivity index (χ1v) is 5.04. The van der Waals surface area contributed by atoms with Gasteiger partial charge < -0.3 is 10.0 Å². The average Bonchev–Trinajstić information content (AvgIpc) is 2.75. The second kappa shape index (κ2) is 4.25. The number of aryl methyl sites for hydroxylation is 1. The summed E-state index contributed by atoms with van der Waals surface area (Å²) in [5, 5.41) is 15.6. The number of anilines is 1. The van der Waals surface area contributed by atoms with Gasteiger partial charge in [0.05, 0.1) is 0 Å². The monoisotopic (exact) mass is 232 g/mol. The van der Waals surface area contributed by atoms with Crippen LogP contribution in [0.4, 0.5) is 5.69 Å². The molecule has 6 nitrogen and oxygen atoms in total. The molecule has 2 N–H and O–H groups in total. The number of carbonyl (C=O) groups is 1. The molecule has 0 aliphatic carbocycles. The molecular formula is C11H12N4O2. The van der Waals surface area contributed by atoms with E-state index in [4.69, 9.17) is 5.11 Å². The number of amides is 1. The highest BCUT2D eigenvalue weighted by molar-refractivity contribution is 6.03. The number of H-pyrrole nitrogens is 1. The number of aromatic hydroxyl groups is 1. The fourth-order valence-electron chi connectivity index (χ4n) is 1.38. The van der Waals surface area contributed by atoms with Crippen LogP contribution in [-0.2, 0) is 0 Å². The smallest absolute Gasteiger partial charge is 0.297 e. The number of phenolic OH excluding ortho intramolecular Hbond substituents is 1. The summed E-state index contributed by atoms with van der Waals surface area (Å²) in [6.07, 6.45) is 0. The average molecular weight is 232 g/mol. The summed E-state index contributed by atoms with van der Waals surface area (Å²) < 4.78 is 0. The summed E-state index contributed by atoms with van der Waals surface area (Å²) in [4.78, 5) is 17.3. The van der Waals surface area contributed by atoms with Crippen molar-refractivity contribution in [3.63, 3.8) is 0 Å². The van der Waals surface area contributed by atoms with Gasteiger partial charge in [0.1, 0.15) is 11.6 Å². The largest absolute Gasteiger partial charge is 0.508 e. The van der Waals surface area contributed by atoms with Gasteiger partial charge in [-0.25, -0.2) is 4.98 Å². The molecule has 6 heteroatoms. The molecule has 0 saturated heterocycles. The number of carbonyl (C=O) groups excluding carboxylic acids is 1. The van der Waals surface area contributed by atoms with Crippen molar-refractivity contribution in [2.24, 2.45) is 0 Å². The molecule has 0 spiro atoms. The molecule has 2 aromatic rings. The van der Waals surface area contributed by atoms with Crippen LogP contribution in [0.1, 0.15) is 16.4 Å². The number of nitrogens with zero attached hydrogens (tertiary/aromatic N) is 3. The van der Waals surface area contributed by atoms with Gasteiger partial charge in [0, 0.05) is 12.7 Å². The maximum absolute atomic E-state index is 12.0. The predicted octanol–water partition coefficient (Wildman–Crippen LogP) is 1.10. The van der Waals surface area contributed by atoms with E-state index in [1.165, 1.54) is 17.0 Å². The number of phenols is 1. The lowest BCUT2D eigenvalue weighted by Crippen LogP contribution is -2.27. The van der Waals surface area contributed by atoms with E-state index in [2.05, 4.69) is 15.2 Å². The van der Waals surface area contributed by atoms with E-state index in [1.54, 1.807) is 26.1 Å². The number of hydrogen-bond donors (Lipinski definition) is 2. The lowest BCUT2D eigenvalue weighted by Gasteiger charge is -2.15. The Bertz CT molecular complexity index is 533. The number of rotatable bonds is 2. The second-order valence-corrected chi connectivity index (χ2v) is 3.62. The molecule has 1 amide bonds. The first kappa shape index (κ1) is 11.1. The Kier molecular flexibility index (Phi) is 2.78. The minimum atomic E-state index is -0.306. The molecular weight excluding hydrogens is 220 g/mol. The van der Waals surface area contributed by atoms with Gasteiger partial charge in [-0.3, -0.25) is 9.89 Å². The summed E-state index contributed by atoms with van der Waals surface area (Å²) in [7, 11) is 1.63. The third-order valence-electron chi connectivity index (χ3n) is 2.33. The lowest BCUT2D eigenvalue weighted by atomic mass is 10.3. The van der Waals surface area contributed by atoms with Gasteiger partial charge in [0.25, 0.3) is 5.91 Å². The summed E-state index contributed by atoms with van der Waals surface area (Å²) in [5.41, 5.74) is 0.662. The first-order valence-electron chi connectivity index (χ1n) is 5.04. The van der Waals surface area contributed by atoms with Gasteiger partial charge in [0.15, 0.2) is 0 Å². The number of aromatic amines is 1. The molecule has 0 radical (unpaired) electrons. The normalized spacial score (nSPS) is 10.2. The van der Waals surface area contributed by atoms with Crippen molar-refractivity contribution in [1.29, 1.82) is 0 Å². The van der Waals surface area contributed by atoms with E-state index in [0.717, 1.165) is 0 Å². The van der Waals surface area contributed by atoms with Crippen LogP contribution in [0.15, 0.2) is 24.3 Å². The summed E-state index contributed by atoms with van der Waals surface area (Å²) in [5.74, 6) is 0.564. The standard InChI is InChI=1S/C11H12N4O2/c1-7-12-10(14-13-7)11(17)15(2)8-3-5-9(16)6-4-8/h3-6,16H,1-2H3,(H,12,13,14). The Morgan fingerprint density at radius 3 is 2.53 bits per heavy atom. The quantitative estimate of drug-likeness (QED) is 0.812. The van der Waals surface area contributed by atoms with Gasteiger partial charge in [0.2, 0.25) is 5.82 Å². The second-order valence-electron chi connectivity index (χ2n) is 3.62. The molecule has 0 unspecified atom stereocenters. The molecule has 0 aliphatic heterocycles. The van der Waals surface area contributed by atoms with Crippen LogP contribution in [-0.4, -0.2) is 33.2 Å². The maximum atomic E-state index is 12.0. The van der Waals surface area contributed by atoms with Crippen LogP contribution in [0.5, 0.6) is 5.75 Å². The van der Waals surface area contributed by atoms with E-state index >= 15 is 0 Å². The first-order chi connectivity index (χ1) is 8.08. The number of benzene rings is 1. The van der Waals surface area contributed by atoms with Crippen LogP contribution in [0, 0.1) is 6.92 Å².